The summed E-state index contributed by atoms with van der Waals surface area (Å²) in [4.78, 5) is 0. The molecule has 0 aromatic carbocycles. The Morgan fingerprint density at radius 3 is 2.00 bits per heavy atom. The summed E-state index contributed by atoms with van der Waals surface area (Å²) in [5.41, 5.74) is 0. The number of hydrogen-bond acceptors (Lipinski definition) is 1. The fourth-order valence-corrected chi connectivity index (χ4v) is 0. The van der Waals surface area contributed by atoms with E-state index in [2.05, 4.69) is 0 Å². The second-order valence-electron chi connectivity index (χ2n) is 0.316. The molecule has 0 rings (SSSR count). The Bertz CT molecular complexity index is 15.7. The zero-order valence-electron chi connectivity index (χ0n) is 4.15. The van der Waals surface area contributed by atoms with Gasteiger partial charge >= 0.3 is 29.6 Å². The topological polar surface area (TPSA) is 20.2 Å². The zero-order chi connectivity index (χ0) is 2.71. The van der Waals surface area contributed by atoms with Crippen molar-refractivity contribution < 1.29 is 37.5 Å². The van der Waals surface area contributed by atoms with E-state index < -0.39 is 0 Å². The normalized spacial score (nSPS) is 3.60. The Morgan fingerprint density at radius 2 is 2.00 bits per heavy atom. The molecule has 0 saturated carbocycles. The number of aliphatic hydroxyl groups is 1. The molecule has 3 heteroatoms. The maximum Gasteiger partial charge on any atom is 1.00 e. The maximum atomic E-state index is 7.57. The largest absolute Gasteiger partial charge is 1.00 e. The van der Waals surface area contributed by atoms with Gasteiger partial charge in [-0.2, -0.15) is 0 Å². The van der Waals surface area contributed by atoms with Crippen molar-refractivity contribution in [1.29, 1.82) is 0 Å². The summed E-state index contributed by atoms with van der Waals surface area (Å²) in [6.45, 7) is 1.93. The fourth-order valence-electron chi connectivity index (χ4n) is 0. The minimum absolute atomic E-state index is 0. The monoisotopic (exact) mass is 102 g/mol. The SMILES string of the molecule is CCO.[AlH3].[H-].[HH].[Na+]. The van der Waals surface area contributed by atoms with Crippen molar-refractivity contribution in [3.8, 4) is 0 Å². The maximum absolute atomic E-state index is 7.57. The molecule has 0 fully saturated rings. The van der Waals surface area contributed by atoms with Gasteiger partial charge in [-0.05, 0) is 6.92 Å². The number of hydrogen-bond donors (Lipinski definition) is 1. The van der Waals surface area contributed by atoms with Crippen LogP contribution in [0.2, 0.25) is 0 Å². The van der Waals surface area contributed by atoms with E-state index in [0.717, 1.165) is 0 Å². The molecule has 0 atom stereocenters. The average Bonchev–Trinajstić information content (AvgIpc) is 0.918. The first-order valence-electron chi connectivity index (χ1n) is 1.02. The van der Waals surface area contributed by atoms with Crippen molar-refractivity contribution in [3.63, 3.8) is 0 Å². The molecule has 0 radical (unpaired) electrons. The Kier molecular flexibility index (Phi) is 57.3. The molecule has 0 heterocycles. The molecule has 1 N–H and O–H groups in total. The minimum atomic E-state index is 0. The Labute approximate surface area is 68.2 Å². The molecule has 0 aliphatic rings. The molecule has 0 unspecified atom stereocenters. The Morgan fingerprint density at radius 1 is 2.00 bits per heavy atom. The van der Waals surface area contributed by atoms with E-state index in [-0.39, 0.29) is 56.4 Å². The molecule has 0 aliphatic heterocycles. The molecule has 30 valence electrons. The van der Waals surface area contributed by atoms with Crippen molar-refractivity contribution in [2.45, 2.75) is 6.92 Å². The Balaban J connectivity index is -0.00000000333. The molecular formula is C2H12AlNaO. The van der Waals surface area contributed by atoms with Crippen molar-refractivity contribution in [3.05, 3.63) is 0 Å². The molecular weight excluding hydrogens is 90.0 g/mol. The van der Waals surface area contributed by atoms with Crippen LogP contribution >= 0.6 is 0 Å². The van der Waals surface area contributed by atoms with Crippen LogP contribution in [0.15, 0.2) is 0 Å². The van der Waals surface area contributed by atoms with Crippen LogP contribution in [-0.2, 0) is 0 Å². The molecule has 0 spiro atoms. The number of rotatable bonds is 0. The second kappa shape index (κ2) is 17.8. The molecule has 0 aliphatic carbocycles. The first-order valence-corrected chi connectivity index (χ1v) is 1.02. The van der Waals surface area contributed by atoms with Crippen LogP contribution in [0.5, 0.6) is 0 Å². The van der Waals surface area contributed by atoms with Crippen LogP contribution in [0.3, 0.4) is 0 Å². The van der Waals surface area contributed by atoms with E-state index in [0.29, 0.717) is 0 Å². The summed E-state index contributed by atoms with van der Waals surface area (Å²) in [7, 11) is 0. The molecule has 0 aromatic heterocycles. The third-order valence-corrected chi connectivity index (χ3v) is 0. The molecule has 0 aromatic rings. The van der Waals surface area contributed by atoms with Gasteiger partial charge in [-0.25, -0.2) is 0 Å². The van der Waals surface area contributed by atoms with Crippen LogP contribution in [0.1, 0.15) is 9.78 Å². The van der Waals surface area contributed by atoms with Crippen molar-refractivity contribution >= 4 is 17.4 Å². The third kappa shape index (κ3) is 30.1. The van der Waals surface area contributed by atoms with Gasteiger partial charge in [-0.1, -0.05) is 0 Å². The second-order valence-corrected chi connectivity index (χ2v) is 0.316. The summed E-state index contributed by atoms with van der Waals surface area (Å²) in [5, 5.41) is 7.57. The smallest absolute Gasteiger partial charge is 1.00 e. The van der Waals surface area contributed by atoms with Crippen LogP contribution in [0, 0.1) is 0 Å². The number of aliphatic hydroxyl groups excluding tert-OH is 1. The van der Waals surface area contributed by atoms with E-state index in [4.69, 9.17) is 5.11 Å². The van der Waals surface area contributed by atoms with Gasteiger partial charge in [0, 0.05) is 8.03 Å². The first kappa shape index (κ1) is 16.1. The molecule has 1 nitrogen and oxygen atoms in total. The van der Waals surface area contributed by atoms with E-state index >= 15 is 0 Å². The summed E-state index contributed by atoms with van der Waals surface area (Å²) < 4.78 is 0. The van der Waals surface area contributed by atoms with Gasteiger partial charge in [-0.3, -0.25) is 0 Å². The molecule has 0 saturated heterocycles. The molecule has 5 heavy (non-hydrogen) atoms. The van der Waals surface area contributed by atoms with E-state index in [1.54, 1.807) is 6.92 Å². The van der Waals surface area contributed by atoms with Gasteiger partial charge < -0.3 is 6.53 Å². The van der Waals surface area contributed by atoms with Crippen molar-refractivity contribution in [1.82, 2.24) is 0 Å². The Hall–Kier alpha value is 1.49. The van der Waals surface area contributed by atoms with Crippen LogP contribution < -0.4 is 29.6 Å². The van der Waals surface area contributed by atoms with Crippen molar-refractivity contribution in [2.24, 2.45) is 0 Å². The quantitative estimate of drug-likeness (QED) is 0.311. The third-order valence-electron chi connectivity index (χ3n) is 0. The average molecular weight is 102 g/mol. The van der Waals surface area contributed by atoms with E-state index in [9.17, 15) is 0 Å². The molecule has 0 bridgehead atoms. The summed E-state index contributed by atoms with van der Waals surface area (Å²) in [6.07, 6.45) is 0. The fraction of sp³-hybridized carbons (Fsp3) is 1.00. The standard InChI is InChI=1S/C2H6O.Al.Na.H2.4H/c1-2-3;;;;;;;/h3H,2H2,1H3;;;1H;;;;/q;;+1;;;;;-1. The predicted molar refractivity (Wildman–Crippen MR) is 25.9 cm³/mol. The van der Waals surface area contributed by atoms with E-state index in [1.165, 1.54) is 0 Å². The van der Waals surface area contributed by atoms with Crippen LogP contribution in [0.25, 0.3) is 0 Å². The van der Waals surface area contributed by atoms with Crippen molar-refractivity contribution in [2.75, 3.05) is 6.61 Å². The van der Waals surface area contributed by atoms with Gasteiger partial charge in [0.05, 0.1) is 0 Å². The minimum Gasteiger partial charge on any atom is -1.00 e. The van der Waals surface area contributed by atoms with Gasteiger partial charge in [-0.15, -0.1) is 0 Å². The predicted octanol–water partition coefficient (Wildman–Crippen LogP) is -3.82. The van der Waals surface area contributed by atoms with Gasteiger partial charge in [0.2, 0.25) is 0 Å². The molecule has 0 amide bonds. The van der Waals surface area contributed by atoms with Gasteiger partial charge in [0.25, 0.3) is 0 Å². The summed E-state index contributed by atoms with van der Waals surface area (Å²) in [5.74, 6) is 0. The van der Waals surface area contributed by atoms with Crippen LogP contribution in [-0.4, -0.2) is 29.1 Å². The van der Waals surface area contributed by atoms with Gasteiger partial charge in [0.1, 0.15) is 0 Å². The summed E-state index contributed by atoms with van der Waals surface area (Å²) in [6, 6.07) is 0. The summed E-state index contributed by atoms with van der Waals surface area (Å²) >= 11 is 0. The van der Waals surface area contributed by atoms with E-state index in [1.807, 2.05) is 0 Å². The first-order chi connectivity index (χ1) is 1.41. The van der Waals surface area contributed by atoms with Gasteiger partial charge in [0.15, 0.2) is 17.4 Å². The van der Waals surface area contributed by atoms with Crippen LogP contribution in [0.4, 0.5) is 0 Å². The zero-order valence-corrected chi connectivity index (χ0v) is 5.15.